The zero-order valence-corrected chi connectivity index (χ0v) is 17.0. The van der Waals surface area contributed by atoms with Gasteiger partial charge in [-0.1, -0.05) is 26.3 Å². The third-order valence-electron chi connectivity index (χ3n) is 2.06. The number of aliphatic hydroxyl groups excluding tert-OH is 3. The average Bonchev–Trinajstić information content (AvgIpc) is 2.70. The summed E-state index contributed by atoms with van der Waals surface area (Å²) in [4.78, 5) is 37.5. The van der Waals surface area contributed by atoms with E-state index in [-0.39, 0.29) is 31.7 Å². The summed E-state index contributed by atoms with van der Waals surface area (Å²) >= 11 is 0. The van der Waals surface area contributed by atoms with Crippen LogP contribution in [-0.2, 0) is 23.9 Å². The van der Waals surface area contributed by atoms with Crippen molar-refractivity contribution in [3.8, 4) is 0 Å². The average molecular weight is 436 g/mol. The molecule has 6 N–H and O–H groups in total. The molecule has 0 bridgehead atoms. The molecule has 0 aliphatic rings. The minimum Gasteiger partial charge on any atom is -0.478 e. The number of aliphatic hydroxyl groups is 3. The van der Waals surface area contributed by atoms with Crippen LogP contribution in [0.25, 0.3) is 0 Å². The topological polar surface area (TPSA) is 199 Å². The molecule has 0 saturated heterocycles. The normalized spacial score (nSPS) is 7.77. The molecule has 11 heteroatoms. The monoisotopic (exact) mass is 436 g/mol. The molecule has 30 heavy (non-hydrogen) atoms. The van der Waals surface area contributed by atoms with Gasteiger partial charge in [-0.25, -0.2) is 14.4 Å². The molecule has 174 valence electrons. The second-order valence-corrected chi connectivity index (χ2v) is 4.50. The lowest BCUT2D eigenvalue weighted by molar-refractivity contribution is -0.135. The van der Waals surface area contributed by atoms with E-state index in [0.717, 1.165) is 24.5 Å². The van der Waals surface area contributed by atoms with Gasteiger partial charge >= 0.3 is 23.9 Å². The molecule has 0 heterocycles. The zero-order chi connectivity index (χ0) is 25.0. The molecule has 0 aromatic rings. The number of hydrogen-bond donors (Lipinski definition) is 6. The van der Waals surface area contributed by atoms with Crippen LogP contribution in [0, 0.1) is 5.92 Å². The minimum atomic E-state index is -0.981. The second kappa shape index (κ2) is 33.3. The first kappa shape index (κ1) is 37.5. The number of carboxylic acid groups (broad SMARTS) is 3. The van der Waals surface area contributed by atoms with Gasteiger partial charge in [0, 0.05) is 50.9 Å². The molecule has 0 saturated carbocycles. The highest BCUT2D eigenvalue weighted by Crippen LogP contribution is 2.02. The van der Waals surface area contributed by atoms with Crippen LogP contribution in [0.3, 0.4) is 0 Å². The lowest BCUT2D eigenvalue weighted by Gasteiger charge is -2.07. The number of carbonyl (C=O) groups excluding carboxylic acids is 1. The fourth-order valence-electron chi connectivity index (χ4n) is 0.738. The highest BCUT2D eigenvalue weighted by atomic mass is 16.5. The van der Waals surface area contributed by atoms with Crippen molar-refractivity contribution >= 4 is 23.9 Å². The number of esters is 1. The Labute approximate surface area is 175 Å². The largest absolute Gasteiger partial charge is 0.478 e. The van der Waals surface area contributed by atoms with Gasteiger partial charge in [-0.05, 0) is 12.8 Å². The zero-order valence-electron chi connectivity index (χ0n) is 17.0. The summed E-state index contributed by atoms with van der Waals surface area (Å²) in [6, 6.07) is 0. The summed E-state index contributed by atoms with van der Waals surface area (Å²) in [6.07, 6.45) is 4.96. The summed E-state index contributed by atoms with van der Waals surface area (Å²) in [5, 5.41) is 48.2. The molecule has 0 unspecified atom stereocenters. The lowest BCUT2D eigenvalue weighted by Crippen LogP contribution is -2.11. The van der Waals surface area contributed by atoms with Gasteiger partial charge in [0.1, 0.15) is 0 Å². The van der Waals surface area contributed by atoms with Gasteiger partial charge in [-0.3, -0.25) is 4.79 Å². The van der Waals surface area contributed by atoms with E-state index < -0.39 is 17.9 Å². The molecule has 0 rings (SSSR count). The van der Waals surface area contributed by atoms with Crippen molar-refractivity contribution in [1.82, 2.24) is 0 Å². The Bertz CT molecular complexity index is 452. The van der Waals surface area contributed by atoms with E-state index in [1.165, 1.54) is 6.92 Å². The van der Waals surface area contributed by atoms with Gasteiger partial charge in [-0.2, -0.15) is 0 Å². The Hall–Kier alpha value is -3.28. The van der Waals surface area contributed by atoms with E-state index in [9.17, 15) is 19.2 Å². The van der Waals surface area contributed by atoms with Crippen LogP contribution in [0.4, 0.5) is 0 Å². The van der Waals surface area contributed by atoms with Crippen molar-refractivity contribution in [2.24, 2.45) is 5.92 Å². The molecular formula is C19H32O11. The van der Waals surface area contributed by atoms with E-state index in [1.54, 1.807) is 0 Å². The molecule has 0 aliphatic heterocycles. The molecule has 0 atom stereocenters. The third kappa shape index (κ3) is 73.9. The van der Waals surface area contributed by atoms with Gasteiger partial charge < -0.3 is 35.4 Å². The Morgan fingerprint density at radius 3 is 1.20 bits per heavy atom. The minimum absolute atomic E-state index is 0.0104. The van der Waals surface area contributed by atoms with Crippen LogP contribution in [-0.4, -0.2) is 74.3 Å². The summed E-state index contributed by atoms with van der Waals surface area (Å²) in [5.41, 5.74) is 0. The van der Waals surface area contributed by atoms with Crippen LogP contribution in [0.5, 0.6) is 0 Å². The first-order valence-corrected chi connectivity index (χ1v) is 8.10. The smallest absolute Gasteiger partial charge is 0.327 e. The molecule has 0 aliphatic carbocycles. The summed E-state index contributed by atoms with van der Waals surface area (Å²) in [5.74, 6) is -3.32. The van der Waals surface area contributed by atoms with Crippen LogP contribution in [0.1, 0.15) is 19.8 Å². The molecule has 0 amide bonds. The number of carboxylic acids is 3. The maximum atomic E-state index is 9.75. The highest BCUT2D eigenvalue weighted by molar-refractivity contribution is 5.79. The van der Waals surface area contributed by atoms with Gasteiger partial charge in [-0.15, -0.1) is 0 Å². The van der Waals surface area contributed by atoms with Crippen molar-refractivity contribution in [1.29, 1.82) is 0 Å². The number of aliphatic carboxylic acids is 3. The Kier molecular flexibility index (Phi) is 41.6. The SMILES string of the molecule is C=CC(=O)O.C=CC(=O)O.C=CC(=O)O.C=COC(C)=O.OCCCC(CO)CO. The summed E-state index contributed by atoms with van der Waals surface area (Å²) in [7, 11) is 0. The van der Waals surface area contributed by atoms with Gasteiger partial charge in [0.2, 0.25) is 0 Å². The molecule has 11 nitrogen and oxygen atoms in total. The number of ether oxygens (including phenoxy) is 1. The van der Waals surface area contributed by atoms with Crippen LogP contribution in [0.2, 0.25) is 0 Å². The van der Waals surface area contributed by atoms with E-state index in [0.29, 0.717) is 12.8 Å². The summed E-state index contributed by atoms with van der Waals surface area (Å²) < 4.78 is 4.17. The first-order valence-electron chi connectivity index (χ1n) is 8.10. The molecule has 0 radical (unpaired) electrons. The van der Waals surface area contributed by atoms with Crippen molar-refractivity contribution < 1.29 is 54.6 Å². The fourth-order valence-corrected chi connectivity index (χ4v) is 0.738. The second-order valence-electron chi connectivity index (χ2n) is 4.50. The maximum absolute atomic E-state index is 9.75. The standard InChI is InChI=1S/C6H14O3.C4H6O2.3C3H4O2/c7-3-1-2-6(4-8)5-9;1-3-6-4(2)5;3*1-2-3(4)5/h6-9H,1-5H2;3H,1H2,2H3;3*2H,1H2,(H,4,5). The van der Waals surface area contributed by atoms with E-state index in [1.807, 2.05) is 0 Å². The highest BCUT2D eigenvalue weighted by Gasteiger charge is 2.03. The molecule has 0 aromatic heterocycles. The van der Waals surface area contributed by atoms with Crippen LogP contribution in [0.15, 0.2) is 50.8 Å². The van der Waals surface area contributed by atoms with E-state index in [2.05, 4.69) is 31.1 Å². The lowest BCUT2D eigenvalue weighted by atomic mass is 10.1. The molecule has 0 fully saturated rings. The third-order valence-corrected chi connectivity index (χ3v) is 2.06. The predicted molar refractivity (Wildman–Crippen MR) is 109 cm³/mol. The summed E-state index contributed by atoms with van der Waals surface area (Å²) in [6.45, 7) is 13.5. The Morgan fingerprint density at radius 1 is 0.800 bits per heavy atom. The van der Waals surface area contributed by atoms with Crippen molar-refractivity contribution in [2.45, 2.75) is 19.8 Å². The maximum Gasteiger partial charge on any atom is 0.327 e. The first-order chi connectivity index (χ1) is 13.9. The van der Waals surface area contributed by atoms with Crippen molar-refractivity contribution in [3.63, 3.8) is 0 Å². The van der Waals surface area contributed by atoms with Crippen molar-refractivity contribution in [2.75, 3.05) is 19.8 Å². The van der Waals surface area contributed by atoms with Crippen LogP contribution >= 0.6 is 0 Å². The molecule has 0 spiro atoms. The van der Waals surface area contributed by atoms with E-state index >= 15 is 0 Å². The quantitative estimate of drug-likeness (QED) is 0.170. The fraction of sp³-hybridized carbons (Fsp3) is 0.368. The van der Waals surface area contributed by atoms with Gasteiger partial charge in [0.15, 0.2) is 0 Å². The van der Waals surface area contributed by atoms with Crippen LogP contribution < -0.4 is 0 Å². The van der Waals surface area contributed by atoms with E-state index in [4.69, 9.17) is 30.6 Å². The van der Waals surface area contributed by atoms with Crippen molar-refractivity contribution in [3.05, 3.63) is 50.8 Å². The predicted octanol–water partition coefficient (Wildman–Crippen LogP) is 0.824. The van der Waals surface area contributed by atoms with Gasteiger partial charge in [0.05, 0.1) is 6.26 Å². The number of carbonyl (C=O) groups is 4. The Balaban J connectivity index is -0.0000000891. The van der Waals surface area contributed by atoms with Gasteiger partial charge in [0.25, 0.3) is 0 Å². The Morgan fingerprint density at radius 2 is 1.10 bits per heavy atom. The number of hydrogen-bond acceptors (Lipinski definition) is 8. The molecule has 0 aromatic carbocycles. The number of rotatable bonds is 9. The molecular weight excluding hydrogens is 404 g/mol.